The second-order valence-corrected chi connectivity index (χ2v) is 6.92. The van der Waals surface area contributed by atoms with Crippen molar-refractivity contribution in [2.45, 2.75) is 19.9 Å². The molecule has 0 unspecified atom stereocenters. The summed E-state index contributed by atoms with van der Waals surface area (Å²) in [4.78, 5) is 27.0. The molecule has 3 aromatic rings. The Hall–Kier alpha value is -3.11. The summed E-state index contributed by atoms with van der Waals surface area (Å²) in [6, 6.07) is 24.3. The van der Waals surface area contributed by atoms with E-state index in [1.807, 2.05) is 67.6 Å². The van der Waals surface area contributed by atoms with Crippen LogP contribution in [0.4, 0.5) is 11.4 Å². The fraction of sp³-hybridized carbons (Fsp3) is 0.130. The Bertz CT molecular complexity index is 959. The molecule has 0 fully saturated rings. The van der Waals surface area contributed by atoms with Crippen molar-refractivity contribution in [2.75, 3.05) is 10.2 Å². The average molecular weight is 393 g/mol. The van der Waals surface area contributed by atoms with Gasteiger partial charge in [0, 0.05) is 16.4 Å². The van der Waals surface area contributed by atoms with Crippen LogP contribution < -0.4 is 10.2 Å². The van der Waals surface area contributed by atoms with Crippen LogP contribution in [0.15, 0.2) is 78.9 Å². The van der Waals surface area contributed by atoms with E-state index in [-0.39, 0.29) is 18.2 Å². The van der Waals surface area contributed by atoms with Crippen LogP contribution in [0.25, 0.3) is 0 Å². The van der Waals surface area contributed by atoms with Crippen LogP contribution in [0.1, 0.15) is 17.5 Å². The number of carbonyl (C=O) groups excluding carboxylic acids is 2. The monoisotopic (exact) mass is 392 g/mol. The van der Waals surface area contributed by atoms with Crippen LogP contribution in [0.3, 0.4) is 0 Å². The summed E-state index contributed by atoms with van der Waals surface area (Å²) >= 11 is 5.95. The molecule has 142 valence electrons. The van der Waals surface area contributed by atoms with E-state index >= 15 is 0 Å². The Morgan fingerprint density at radius 2 is 1.57 bits per heavy atom. The van der Waals surface area contributed by atoms with Crippen LogP contribution in [-0.4, -0.2) is 11.8 Å². The standard InChI is InChI=1S/C23H21ClN2O2/c1-17-14-19(24)12-13-21(17)25-22(27)15-23(28)26(20-10-6-3-7-11-20)16-18-8-4-2-5-9-18/h2-14H,15-16H2,1H3,(H,25,27). The van der Waals surface area contributed by atoms with E-state index in [1.165, 1.54) is 0 Å². The fourth-order valence-electron chi connectivity index (χ4n) is 2.89. The first-order valence-corrected chi connectivity index (χ1v) is 9.36. The SMILES string of the molecule is Cc1cc(Cl)ccc1NC(=O)CC(=O)N(Cc1ccccc1)c1ccccc1. The highest BCUT2D eigenvalue weighted by Crippen LogP contribution is 2.21. The summed E-state index contributed by atoms with van der Waals surface area (Å²) in [7, 11) is 0. The maximum Gasteiger partial charge on any atom is 0.236 e. The molecular weight excluding hydrogens is 372 g/mol. The van der Waals surface area contributed by atoms with Gasteiger partial charge in [0.15, 0.2) is 0 Å². The second-order valence-electron chi connectivity index (χ2n) is 6.49. The average Bonchev–Trinajstić information content (AvgIpc) is 2.69. The van der Waals surface area contributed by atoms with Crippen LogP contribution >= 0.6 is 11.6 Å². The van der Waals surface area contributed by atoms with E-state index < -0.39 is 0 Å². The largest absolute Gasteiger partial charge is 0.325 e. The number of para-hydroxylation sites is 1. The summed E-state index contributed by atoms with van der Waals surface area (Å²) in [5, 5.41) is 3.40. The molecule has 0 atom stereocenters. The van der Waals surface area contributed by atoms with Gasteiger partial charge in [0.25, 0.3) is 0 Å². The molecule has 4 nitrogen and oxygen atoms in total. The number of hydrogen-bond acceptors (Lipinski definition) is 2. The number of carbonyl (C=O) groups is 2. The number of benzene rings is 3. The van der Waals surface area contributed by atoms with Gasteiger partial charge in [-0.3, -0.25) is 9.59 Å². The van der Waals surface area contributed by atoms with Gasteiger partial charge >= 0.3 is 0 Å². The van der Waals surface area contributed by atoms with Gasteiger partial charge in [0.05, 0.1) is 6.54 Å². The first-order chi connectivity index (χ1) is 13.5. The third-order valence-corrected chi connectivity index (χ3v) is 4.56. The highest BCUT2D eigenvalue weighted by atomic mass is 35.5. The molecule has 3 aromatic carbocycles. The number of amides is 2. The van der Waals surface area contributed by atoms with E-state index in [2.05, 4.69) is 5.32 Å². The number of hydrogen-bond donors (Lipinski definition) is 1. The van der Waals surface area contributed by atoms with Gasteiger partial charge < -0.3 is 10.2 Å². The van der Waals surface area contributed by atoms with E-state index in [1.54, 1.807) is 23.1 Å². The zero-order valence-electron chi connectivity index (χ0n) is 15.6. The van der Waals surface area contributed by atoms with E-state index in [9.17, 15) is 9.59 Å². The quantitative estimate of drug-likeness (QED) is 0.585. The van der Waals surface area contributed by atoms with Crippen molar-refractivity contribution in [1.82, 2.24) is 0 Å². The van der Waals surface area contributed by atoms with Gasteiger partial charge in [-0.15, -0.1) is 0 Å². The lowest BCUT2D eigenvalue weighted by Crippen LogP contribution is -2.33. The smallest absolute Gasteiger partial charge is 0.236 e. The molecule has 0 heterocycles. The molecule has 0 aliphatic rings. The number of nitrogens with one attached hydrogen (secondary N) is 1. The Labute approximate surface area is 169 Å². The Balaban J connectivity index is 1.74. The van der Waals surface area contributed by atoms with Crippen molar-refractivity contribution < 1.29 is 9.59 Å². The minimum atomic E-state index is -0.357. The predicted octanol–water partition coefficient (Wildman–Crippen LogP) is 5.21. The van der Waals surface area contributed by atoms with Gasteiger partial charge in [-0.25, -0.2) is 0 Å². The van der Waals surface area contributed by atoms with E-state index in [0.717, 1.165) is 16.8 Å². The molecule has 0 saturated heterocycles. The van der Waals surface area contributed by atoms with Gasteiger partial charge in [0.1, 0.15) is 6.42 Å². The molecule has 0 aliphatic heterocycles. The topological polar surface area (TPSA) is 49.4 Å². The zero-order chi connectivity index (χ0) is 19.9. The first-order valence-electron chi connectivity index (χ1n) is 8.98. The number of anilines is 2. The molecule has 1 N–H and O–H groups in total. The highest BCUT2D eigenvalue weighted by molar-refractivity contribution is 6.30. The van der Waals surface area contributed by atoms with Crippen LogP contribution in [0.5, 0.6) is 0 Å². The summed E-state index contributed by atoms with van der Waals surface area (Å²) in [5.41, 5.74) is 3.24. The Morgan fingerprint density at radius 1 is 0.929 bits per heavy atom. The summed E-state index contributed by atoms with van der Waals surface area (Å²) in [5.74, 6) is -0.622. The summed E-state index contributed by atoms with van der Waals surface area (Å²) < 4.78 is 0. The van der Waals surface area contributed by atoms with Crippen molar-refractivity contribution in [3.8, 4) is 0 Å². The summed E-state index contributed by atoms with van der Waals surface area (Å²) in [6.07, 6.45) is -0.246. The lowest BCUT2D eigenvalue weighted by atomic mass is 10.1. The van der Waals surface area contributed by atoms with Crippen LogP contribution in [-0.2, 0) is 16.1 Å². The molecule has 0 saturated carbocycles. The molecule has 2 amide bonds. The molecule has 0 aliphatic carbocycles. The molecule has 0 spiro atoms. The lowest BCUT2D eigenvalue weighted by molar-refractivity contribution is -0.125. The van der Waals surface area contributed by atoms with Crippen molar-refractivity contribution in [3.63, 3.8) is 0 Å². The zero-order valence-corrected chi connectivity index (χ0v) is 16.3. The minimum absolute atomic E-state index is 0.246. The molecule has 28 heavy (non-hydrogen) atoms. The number of nitrogens with zero attached hydrogens (tertiary/aromatic N) is 1. The third kappa shape index (κ3) is 5.21. The molecule has 0 bridgehead atoms. The maximum atomic E-state index is 12.9. The molecule has 0 radical (unpaired) electrons. The molecular formula is C23H21ClN2O2. The molecule has 0 aromatic heterocycles. The summed E-state index contributed by atoms with van der Waals surface area (Å²) in [6.45, 7) is 2.26. The highest BCUT2D eigenvalue weighted by Gasteiger charge is 2.20. The molecule has 5 heteroatoms. The number of aryl methyl sites for hydroxylation is 1. The van der Waals surface area contributed by atoms with Gasteiger partial charge in [-0.1, -0.05) is 60.1 Å². The van der Waals surface area contributed by atoms with Crippen molar-refractivity contribution in [3.05, 3.63) is 95.0 Å². The fourth-order valence-corrected chi connectivity index (χ4v) is 3.12. The van der Waals surface area contributed by atoms with E-state index in [4.69, 9.17) is 11.6 Å². The molecule has 3 rings (SSSR count). The normalized spacial score (nSPS) is 10.4. The number of halogens is 1. The predicted molar refractivity (Wildman–Crippen MR) is 114 cm³/mol. The van der Waals surface area contributed by atoms with Crippen molar-refractivity contribution in [1.29, 1.82) is 0 Å². The lowest BCUT2D eigenvalue weighted by Gasteiger charge is -2.23. The van der Waals surface area contributed by atoms with Gasteiger partial charge in [-0.05, 0) is 48.4 Å². The number of rotatable bonds is 6. The van der Waals surface area contributed by atoms with Crippen LogP contribution in [0, 0.1) is 6.92 Å². The van der Waals surface area contributed by atoms with Crippen molar-refractivity contribution in [2.24, 2.45) is 0 Å². The van der Waals surface area contributed by atoms with Crippen LogP contribution in [0.2, 0.25) is 5.02 Å². The maximum absolute atomic E-state index is 12.9. The minimum Gasteiger partial charge on any atom is -0.325 e. The van der Waals surface area contributed by atoms with Gasteiger partial charge in [0.2, 0.25) is 11.8 Å². The third-order valence-electron chi connectivity index (χ3n) is 4.33. The first kappa shape index (κ1) is 19.6. The van der Waals surface area contributed by atoms with Crippen molar-refractivity contribution >= 4 is 34.8 Å². The van der Waals surface area contributed by atoms with Gasteiger partial charge in [-0.2, -0.15) is 0 Å². The second kappa shape index (κ2) is 9.20. The van der Waals surface area contributed by atoms with E-state index in [0.29, 0.717) is 17.3 Å². The Morgan fingerprint density at radius 3 is 2.21 bits per heavy atom. The Kier molecular flexibility index (Phi) is 6.45.